The summed E-state index contributed by atoms with van der Waals surface area (Å²) in [5, 5.41) is 15.4. The Hall–Kier alpha value is -4.29. The number of carbonyl (C=O) groups excluding carboxylic acids is 1. The van der Waals surface area contributed by atoms with Crippen molar-refractivity contribution in [3.63, 3.8) is 0 Å². The average molecular weight is 552 g/mol. The molecule has 39 heavy (non-hydrogen) atoms. The molecule has 210 valence electrons. The van der Waals surface area contributed by atoms with Crippen molar-refractivity contribution in [3.05, 3.63) is 58.0 Å². The van der Waals surface area contributed by atoms with Crippen LogP contribution in [0.1, 0.15) is 54.8 Å². The number of rotatable bonds is 7. The Morgan fingerprint density at radius 1 is 1.13 bits per heavy atom. The van der Waals surface area contributed by atoms with E-state index in [1.165, 1.54) is 18.9 Å². The van der Waals surface area contributed by atoms with Crippen molar-refractivity contribution >= 4 is 22.6 Å². The quantitative estimate of drug-likeness (QED) is 0.446. The third kappa shape index (κ3) is 6.24. The molecule has 1 aromatic heterocycles. The molecule has 0 fully saturated rings. The lowest BCUT2D eigenvalue weighted by atomic mass is 10.1. The molecule has 1 atom stereocenters. The number of amides is 1. The Morgan fingerprint density at radius 3 is 2.23 bits per heavy atom. The van der Waals surface area contributed by atoms with Gasteiger partial charge in [-0.15, -0.1) is 0 Å². The van der Waals surface area contributed by atoms with Crippen LogP contribution >= 0.6 is 0 Å². The first-order valence-corrected chi connectivity index (χ1v) is 12.0. The van der Waals surface area contributed by atoms with Gasteiger partial charge in [-0.1, -0.05) is 32.0 Å². The van der Waals surface area contributed by atoms with Crippen molar-refractivity contribution in [3.8, 4) is 17.2 Å². The summed E-state index contributed by atoms with van der Waals surface area (Å²) in [7, 11) is 3.02. The van der Waals surface area contributed by atoms with Crippen molar-refractivity contribution in [2.75, 3.05) is 20.8 Å². The number of carboxylic acids is 1. The fourth-order valence-electron chi connectivity index (χ4n) is 4.14. The van der Waals surface area contributed by atoms with Crippen molar-refractivity contribution < 1.29 is 42.1 Å². The van der Waals surface area contributed by atoms with Gasteiger partial charge in [-0.2, -0.15) is 18.3 Å². The largest absolute Gasteiger partial charge is 0.493 e. The number of carbonyl (C=O) groups is 2. The number of nitrogens with one attached hydrogen (secondary N) is 1. The minimum Gasteiger partial charge on any atom is -0.493 e. The highest BCUT2D eigenvalue weighted by Crippen LogP contribution is 2.34. The Labute approximate surface area is 221 Å². The van der Waals surface area contributed by atoms with E-state index in [2.05, 4.69) is 10.4 Å². The molecule has 2 aromatic carbocycles. The molecule has 13 heteroatoms. The fraction of sp³-hybridized carbons (Fsp3) is 0.385. The molecule has 2 N–H and O–H groups in total. The molecule has 10 nitrogen and oxygen atoms in total. The lowest BCUT2D eigenvalue weighted by Crippen LogP contribution is -2.34. The first kappa shape index (κ1) is 29.3. The highest BCUT2D eigenvalue weighted by Gasteiger charge is 2.38. The monoisotopic (exact) mass is 551 g/mol. The predicted octanol–water partition coefficient (Wildman–Crippen LogP) is 4.27. The summed E-state index contributed by atoms with van der Waals surface area (Å²) in [6.45, 7) is 4.33. The number of benzene rings is 2. The van der Waals surface area contributed by atoms with Crippen LogP contribution in [0.4, 0.5) is 13.2 Å². The number of halogens is 3. The minimum absolute atomic E-state index is 0.123. The van der Waals surface area contributed by atoms with E-state index in [1.807, 2.05) is 38.1 Å². The summed E-state index contributed by atoms with van der Waals surface area (Å²) in [6.07, 6.45) is -3.65. The van der Waals surface area contributed by atoms with Gasteiger partial charge in [0.25, 0.3) is 11.5 Å². The standard InChI is InChI=1S/C24H27N3O5.C2HF3O2/c1-5-14(6-2)27-24(29)17-12-21(31-4)20(30-3)11-16(17)22(26-27)23(28)25-18-13-32-19-10-8-7-9-15(18)19;3-2(4,5)1(6)7/h7-12,14,18H,5-6,13H2,1-4H3,(H,25,28);(H,6,7). The van der Waals surface area contributed by atoms with Crippen LogP contribution in [0.15, 0.2) is 41.2 Å². The zero-order valence-corrected chi connectivity index (χ0v) is 21.7. The molecular weight excluding hydrogens is 523 g/mol. The maximum atomic E-state index is 13.4. The van der Waals surface area contributed by atoms with Crippen LogP contribution in [-0.4, -0.2) is 53.8 Å². The van der Waals surface area contributed by atoms with Crippen LogP contribution in [0.25, 0.3) is 10.8 Å². The third-order valence-electron chi connectivity index (χ3n) is 6.18. The number of ether oxygens (including phenoxy) is 3. The first-order valence-electron chi connectivity index (χ1n) is 12.0. The molecule has 0 aliphatic carbocycles. The molecule has 0 saturated carbocycles. The van der Waals surface area contributed by atoms with Crippen LogP contribution < -0.4 is 25.1 Å². The zero-order valence-electron chi connectivity index (χ0n) is 21.7. The van der Waals surface area contributed by atoms with E-state index < -0.39 is 12.1 Å². The summed E-state index contributed by atoms with van der Waals surface area (Å²) in [4.78, 5) is 35.6. The minimum atomic E-state index is -5.08. The molecular formula is C26H28F3N3O7. The summed E-state index contributed by atoms with van der Waals surface area (Å²) in [5.41, 5.74) is 0.815. The second kappa shape index (κ2) is 12.0. The maximum absolute atomic E-state index is 13.4. The summed E-state index contributed by atoms with van der Waals surface area (Å²) in [6, 6.07) is 10.4. The van der Waals surface area contributed by atoms with Gasteiger partial charge in [-0.25, -0.2) is 9.48 Å². The molecule has 3 aromatic rings. The number of aromatic nitrogens is 2. The van der Waals surface area contributed by atoms with E-state index >= 15 is 0 Å². The van der Waals surface area contributed by atoms with Gasteiger partial charge in [0, 0.05) is 10.9 Å². The second-order valence-electron chi connectivity index (χ2n) is 8.50. The molecule has 4 rings (SSSR count). The van der Waals surface area contributed by atoms with Crippen LogP contribution in [0.5, 0.6) is 17.2 Å². The molecule has 1 aliphatic heterocycles. The number of hydrogen-bond acceptors (Lipinski definition) is 7. The summed E-state index contributed by atoms with van der Waals surface area (Å²) in [5.74, 6) is -1.54. The molecule has 0 radical (unpaired) electrons. The van der Waals surface area contributed by atoms with Gasteiger partial charge in [0.1, 0.15) is 12.4 Å². The highest BCUT2D eigenvalue weighted by atomic mass is 19.4. The van der Waals surface area contributed by atoms with E-state index in [9.17, 15) is 22.8 Å². The molecule has 0 bridgehead atoms. The van der Waals surface area contributed by atoms with Crippen LogP contribution in [0, 0.1) is 0 Å². The maximum Gasteiger partial charge on any atom is 0.490 e. The van der Waals surface area contributed by atoms with Gasteiger partial charge >= 0.3 is 12.1 Å². The number of alkyl halides is 3. The lowest BCUT2D eigenvalue weighted by Gasteiger charge is -2.19. The van der Waals surface area contributed by atoms with Gasteiger partial charge in [0.2, 0.25) is 0 Å². The van der Waals surface area contributed by atoms with Crippen LogP contribution in [0.2, 0.25) is 0 Å². The van der Waals surface area contributed by atoms with Crippen LogP contribution in [0.3, 0.4) is 0 Å². The molecule has 0 saturated heterocycles. The number of nitrogens with zero attached hydrogens (tertiary/aromatic N) is 2. The number of fused-ring (bicyclic) bond motifs is 2. The Balaban J connectivity index is 0.000000532. The Morgan fingerprint density at radius 2 is 1.69 bits per heavy atom. The van der Waals surface area contributed by atoms with Crippen molar-refractivity contribution in [1.29, 1.82) is 0 Å². The molecule has 1 unspecified atom stereocenters. The number of hydrogen-bond donors (Lipinski definition) is 2. The Bertz CT molecular complexity index is 1420. The van der Waals surface area contributed by atoms with Gasteiger partial charge in [0.15, 0.2) is 17.2 Å². The van der Waals surface area contributed by atoms with E-state index in [4.69, 9.17) is 24.1 Å². The smallest absolute Gasteiger partial charge is 0.490 e. The number of aliphatic carboxylic acids is 1. The van der Waals surface area contributed by atoms with Gasteiger partial charge < -0.3 is 24.6 Å². The predicted molar refractivity (Wildman–Crippen MR) is 135 cm³/mol. The van der Waals surface area contributed by atoms with Gasteiger partial charge in [-0.05, 0) is 31.0 Å². The second-order valence-corrected chi connectivity index (χ2v) is 8.50. The van der Waals surface area contributed by atoms with Gasteiger partial charge in [-0.3, -0.25) is 9.59 Å². The molecule has 1 amide bonds. The molecule has 0 spiro atoms. The number of carboxylic acid groups (broad SMARTS) is 1. The van der Waals surface area contributed by atoms with E-state index in [-0.39, 0.29) is 29.2 Å². The number of methoxy groups -OCH3 is 2. The average Bonchev–Trinajstić information content (AvgIpc) is 3.32. The van der Waals surface area contributed by atoms with E-state index in [1.54, 1.807) is 12.1 Å². The zero-order chi connectivity index (χ0) is 28.9. The van der Waals surface area contributed by atoms with Crippen molar-refractivity contribution in [2.45, 2.75) is 44.9 Å². The molecule has 2 heterocycles. The van der Waals surface area contributed by atoms with Crippen LogP contribution in [-0.2, 0) is 4.79 Å². The van der Waals surface area contributed by atoms with Crippen molar-refractivity contribution in [2.24, 2.45) is 0 Å². The first-order chi connectivity index (χ1) is 18.5. The fourth-order valence-corrected chi connectivity index (χ4v) is 4.14. The third-order valence-corrected chi connectivity index (χ3v) is 6.18. The van der Waals surface area contributed by atoms with Crippen molar-refractivity contribution in [1.82, 2.24) is 15.1 Å². The summed E-state index contributed by atoms with van der Waals surface area (Å²) >= 11 is 0. The van der Waals surface area contributed by atoms with E-state index in [0.29, 0.717) is 41.7 Å². The van der Waals surface area contributed by atoms with Gasteiger partial charge in [0.05, 0.1) is 31.7 Å². The normalized spacial score (nSPS) is 14.2. The SMILES string of the molecule is CCC(CC)n1nc(C(=O)NC2COc3ccccc32)c2cc(OC)c(OC)cc2c1=O.O=C(O)C(F)(F)F. The molecule has 1 aliphatic rings. The number of para-hydroxylation sites is 1. The topological polar surface area (TPSA) is 129 Å². The highest BCUT2D eigenvalue weighted by molar-refractivity contribution is 6.05. The lowest BCUT2D eigenvalue weighted by molar-refractivity contribution is -0.192. The van der Waals surface area contributed by atoms with E-state index in [0.717, 1.165) is 11.3 Å². The summed E-state index contributed by atoms with van der Waals surface area (Å²) < 4.78 is 49.6. The Kier molecular flexibility index (Phi) is 9.04.